The van der Waals surface area contributed by atoms with E-state index in [1.165, 1.54) is 36.5 Å². The van der Waals surface area contributed by atoms with Crippen LogP contribution in [0.5, 0.6) is 5.75 Å². The molecule has 3 aromatic rings. The minimum Gasteiger partial charge on any atom is -0.431 e. The van der Waals surface area contributed by atoms with Gasteiger partial charge in [0, 0.05) is 48.5 Å². The zero-order valence-electron chi connectivity index (χ0n) is 24.3. The van der Waals surface area contributed by atoms with E-state index in [-0.39, 0.29) is 47.5 Å². The number of hydrogen-bond acceptors (Lipinski definition) is 9. The molecule has 0 saturated heterocycles. The van der Waals surface area contributed by atoms with Crippen LogP contribution in [0.1, 0.15) is 76.6 Å². The quantitative estimate of drug-likeness (QED) is 0.118. The highest BCUT2D eigenvalue weighted by Crippen LogP contribution is 2.42. The standard InChI is InChI=1S/C30H36F2N6O5/c1-29(2,3)37-27(35-21-10-11-34-26(15-21)30(31,32)17-18-12-20(33)13-18)16-25(36-37)19-4-7-24(14-19)43-28(39)42-23-8-5-22(6-9-23)38(40)41/h5-6,8-11,15-16,18-20,24H,4,7,12-14,17,33H2,1-3H3,(H,34,35)/t18?,19-,20?,24+/m0/s1. The van der Waals surface area contributed by atoms with Gasteiger partial charge in [-0.2, -0.15) is 13.9 Å². The van der Waals surface area contributed by atoms with Crippen molar-refractivity contribution in [1.82, 2.24) is 14.8 Å². The normalized spacial score (nSPS) is 22.1. The van der Waals surface area contributed by atoms with Gasteiger partial charge in [0.15, 0.2) is 0 Å². The molecule has 2 aromatic heterocycles. The van der Waals surface area contributed by atoms with Crippen LogP contribution in [0.2, 0.25) is 0 Å². The van der Waals surface area contributed by atoms with Gasteiger partial charge in [-0.05, 0) is 83.1 Å². The second-order valence-electron chi connectivity index (χ2n) is 12.5. The van der Waals surface area contributed by atoms with Gasteiger partial charge in [-0.1, -0.05) is 0 Å². The topological polar surface area (TPSA) is 147 Å². The molecule has 0 unspecified atom stereocenters. The molecule has 2 heterocycles. The second-order valence-corrected chi connectivity index (χ2v) is 12.5. The molecule has 0 bridgehead atoms. The minimum atomic E-state index is -3.06. The average molecular weight is 599 g/mol. The lowest BCUT2D eigenvalue weighted by Crippen LogP contribution is -2.38. The Morgan fingerprint density at radius 1 is 1.14 bits per heavy atom. The average Bonchev–Trinajstić information content (AvgIpc) is 3.55. The number of nitrogens with one attached hydrogen (secondary N) is 1. The Morgan fingerprint density at radius 2 is 1.86 bits per heavy atom. The first-order valence-corrected chi connectivity index (χ1v) is 14.4. The number of non-ortho nitro benzene ring substituents is 1. The SMILES string of the molecule is CC(C)(C)n1nc([C@H]2CC[C@@H](OC(=O)Oc3ccc([N+](=O)[O-])cc3)C2)cc1Nc1ccnc(C(F)(F)CC2CC(N)C2)c1. The summed E-state index contributed by atoms with van der Waals surface area (Å²) in [6, 6.07) is 10.1. The maximum Gasteiger partial charge on any atom is 0.514 e. The van der Waals surface area contributed by atoms with Crippen molar-refractivity contribution in [2.75, 3.05) is 5.32 Å². The maximum atomic E-state index is 15.0. The van der Waals surface area contributed by atoms with Crippen LogP contribution in [0.3, 0.4) is 0 Å². The van der Waals surface area contributed by atoms with E-state index in [1.54, 1.807) is 6.07 Å². The molecule has 2 atom stereocenters. The number of halogens is 2. The zero-order valence-corrected chi connectivity index (χ0v) is 24.3. The van der Waals surface area contributed by atoms with Crippen molar-refractivity contribution in [3.05, 3.63) is 70.2 Å². The van der Waals surface area contributed by atoms with Crippen molar-refractivity contribution in [2.24, 2.45) is 11.7 Å². The van der Waals surface area contributed by atoms with Crippen molar-refractivity contribution in [2.45, 2.75) is 88.8 Å². The summed E-state index contributed by atoms with van der Waals surface area (Å²) in [5.74, 6) is -2.36. The molecule has 2 aliphatic rings. The molecule has 5 rings (SSSR count). The van der Waals surface area contributed by atoms with E-state index >= 15 is 8.78 Å². The molecule has 3 N–H and O–H groups in total. The fourth-order valence-electron chi connectivity index (χ4n) is 5.68. The molecule has 0 aliphatic heterocycles. The summed E-state index contributed by atoms with van der Waals surface area (Å²) in [4.78, 5) is 26.6. The predicted molar refractivity (Wildman–Crippen MR) is 155 cm³/mol. The van der Waals surface area contributed by atoms with Crippen molar-refractivity contribution >= 4 is 23.3 Å². The number of aromatic nitrogens is 3. The fourth-order valence-corrected chi connectivity index (χ4v) is 5.68. The number of carbonyl (C=O) groups is 1. The van der Waals surface area contributed by atoms with E-state index in [4.69, 9.17) is 20.3 Å². The van der Waals surface area contributed by atoms with Gasteiger partial charge in [-0.15, -0.1) is 0 Å². The highest BCUT2D eigenvalue weighted by molar-refractivity contribution is 5.64. The Balaban J connectivity index is 1.24. The number of ether oxygens (including phenoxy) is 2. The Morgan fingerprint density at radius 3 is 2.51 bits per heavy atom. The smallest absolute Gasteiger partial charge is 0.431 e. The van der Waals surface area contributed by atoms with Gasteiger partial charge < -0.3 is 20.5 Å². The highest BCUT2D eigenvalue weighted by atomic mass is 19.3. The molecule has 13 heteroatoms. The molecule has 230 valence electrons. The molecule has 11 nitrogen and oxygen atoms in total. The molecule has 43 heavy (non-hydrogen) atoms. The number of nitrogens with zero attached hydrogens (tertiary/aromatic N) is 4. The van der Waals surface area contributed by atoms with Crippen LogP contribution < -0.4 is 15.8 Å². The van der Waals surface area contributed by atoms with Crippen LogP contribution in [-0.2, 0) is 16.2 Å². The third-order valence-electron chi connectivity index (χ3n) is 7.90. The summed E-state index contributed by atoms with van der Waals surface area (Å²) in [5.41, 5.74) is 6.25. The maximum absolute atomic E-state index is 15.0. The number of nitro benzene ring substituents is 1. The first-order valence-electron chi connectivity index (χ1n) is 14.4. The number of anilines is 2. The van der Waals surface area contributed by atoms with Crippen LogP contribution in [0.4, 0.5) is 30.8 Å². The summed E-state index contributed by atoms with van der Waals surface area (Å²) in [6.07, 6.45) is 2.93. The number of benzene rings is 1. The number of nitrogens with two attached hydrogens (primary N) is 1. The largest absolute Gasteiger partial charge is 0.514 e. The van der Waals surface area contributed by atoms with Gasteiger partial charge in [0.1, 0.15) is 23.4 Å². The summed E-state index contributed by atoms with van der Waals surface area (Å²) in [7, 11) is 0. The van der Waals surface area contributed by atoms with Gasteiger partial charge >= 0.3 is 6.16 Å². The summed E-state index contributed by atoms with van der Waals surface area (Å²) in [6.45, 7) is 6.00. The second kappa shape index (κ2) is 11.9. The first kappa shape index (κ1) is 30.3. The van der Waals surface area contributed by atoms with Gasteiger partial charge in [0.25, 0.3) is 11.6 Å². The molecule has 2 aliphatic carbocycles. The van der Waals surface area contributed by atoms with E-state index < -0.39 is 22.5 Å². The Bertz CT molecular complexity index is 1470. The predicted octanol–water partition coefficient (Wildman–Crippen LogP) is 6.76. The Kier molecular flexibility index (Phi) is 8.37. The Hall–Kier alpha value is -4.13. The Labute approximate surface area is 247 Å². The molecular formula is C30H36F2N6O5. The first-order chi connectivity index (χ1) is 20.3. The lowest BCUT2D eigenvalue weighted by atomic mass is 9.77. The number of nitro groups is 1. The van der Waals surface area contributed by atoms with Gasteiger partial charge in [0.05, 0.1) is 16.2 Å². The van der Waals surface area contributed by atoms with Crippen molar-refractivity contribution < 1.29 is 28.0 Å². The number of alkyl halides is 2. The third kappa shape index (κ3) is 7.27. The van der Waals surface area contributed by atoms with Gasteiger partial charge in [-0.25, -0.2) is 9.48 Å². The number of rotatable bonds is 9. The van der Waals surface area contributed by atoms with Crippen LogP contribution in [0, 0.1) is 16.0 Å². The summed E-state index contributed by atoms with van der Waals surface area (Å²) >= 11 is 0. The molecule has 0 radical (unpaired) electrons. The van der Waals surface area contributed by atoms with Crippen LogP contribution in [0.25, 0.3) is 0 Å². The van der Waals surface area contributed by atoms with Gasteiger partial charge in [0.2, 0.25) is 0 Å². The number of carbonyl (C=O) groups excluding carboxylic acids is 1. The van der Waals surface area contributed by atoms with E-state index in [0.717, 1.165) is 12.1 Å². The van der Waals surface area contributed by atoms with Crippen molar-refractivity contribution in [3.8, 4) is 5.75 Å². The summed E-state index contributed by atoms with van der Waals surface area (Å²) in [5, 5.41) is 18.9. The highest BCUT2D eigenvalue weighted by Gasteiger charge is 2.40. The van der Waals surface area contributed by atoms with E-state index in [9.17, 15) is 14.9 Å². The van der Waals surface area contributed by atoms with Crippen molar-refractivity contribution in [1.29, 1.82) is 0 Å². The lowest BCUT2D eigenvalue weighted by Gasteiger charge is -2.34. The van der Waals surface area contributed by atoms with E-state index in [1.807, 2.05) is 31.5 Å². The van der Waals surface area contributed by atoms with Crippen molar-refractivity contribution in [3.63, 3.8) is 0 Å². The monoisotopic (exact) mass is 598 g/mol. The zero-order chi connectivity index (χ0) is 30.9. The van der Waals surface area contributed by atoms with E-state index in [0.29, 0.717) is 37.2 Å². The molecule has 0 spiro atoms. The molecule has 2 saturated carbocycles. The van der Waals surface area contributed by atoms with Crippen LogP contribution in [-0.4, -0.2) is 38.0 Å². The molecule has 2 fully saturated rings. The molecular weight excluding hydrogens is 562 g/mol. The summed E-state index contributed by atoms with van der Waals surface area (Å²) < 4.78 is 42.6. The molecule has 0 amide bonds. The van der Waals surface area contributed by atoms with Gasteiger partial charge in [-0.3, -0.25) is 15.1 Å². The molecule has 1 aromatic carbocycles. The van der Waals surface area contributed by atoms with E-state index in [2.05, 4.69) is 10.3 Å². The van der Waals surface area contributed by atoms with Crippen LogP contribution >= 0.6 is 0 Å². The number of hydrogen-bond donors (Lipinski definition) is 2. The number of pyridine rings is 1. The minimum absolute atomic E-state index is 0.00611. The third-order valence-corrected chi connectivity index (χ3v) is 7.90. The fraction of sp³-hybridized carbons (Fsp3) is 0.500. The lowest BCUT2D eigenvalue weighted by molar-refractivity contribution is -0.384. The van der Waals surface area contributed by atoms with Crippen LogP contribution in [0.15, 0.2) is 48.7 Å².